The van der Waals surface area contributed by atoms with E-state index in [4.69, 9.17) is 11.6 Å². The topological polar surface area (TPSA) is 37.8 Å². The molecule has 1 N–H and O–H groups in total. The summed E-state index contributed by atoms with van der Waals surface area (Å²) in [4.78, 5) is 9.39. The molecule has 0 bridgehead atoms. The van der Waals surface area contributed by atoms with Gasteiger partial charge in [-0.15, -0.1) is 11.3 Å². The first-order valence-electron chi connectivity index (χ1n) is 5.37. The van der Waals surface area contributed by atoms with E-state index in [0.29, 0.717) is 11.3 Å². The van der Waals surface area contributed by atoms with Crippen LogP contribution < -0.4 is 5.32 Å². The van der Waals surface area contributed by atoms with E-state index in [1.54, 1.807) is 11.3 Å². The second-order valence-electron chi connectivity index (χ2n) is 3.81. The van der Waals surface area contributed by atoms with Crippen LogP contribution in [0.4, 0.5) is 5.82 Å². The molecule has 2 aromatic heterocycles. The number of halogens is 1. The van der Waals surface area contributed by atoms with Crippen LogP contribution in [0.1, 0.15) is 13.3 Å². The number of nitrogens with one attached hydrogen (secondary N) is 1. The fraction of sp³-hybridized carbons (Fsp3) is 0.455. The Bertz CT molecular complexity index is 500. The summed E-state index contributed by atoms with van der Waals surface area (Å²) in [7, 11) is 0. The normalized spacial score (nSPS) is 12.9. The van der Waals surface area contributed by atoms with Crippen molar-refractivity contribution in [2.24, 2.45) is 0 Å². The molecule has 0 saturated heterocycles. The highest BCUT2D eigenvalue weighted by atomic mass is 35.5. The summed E-state index contributed by atoms with van der Waals surface area (Å²) >= 11 is 9.34. The van der Waals surface area contributed by atoms with Crippen molar-refractivity contribution in [2.75, 3.05) is 17.3 Å². The molecule has 1 unspecified atom stereocenters. The largest absolute Gasteiger partial charge is 0.367 e. The Morgan fingerprint density at radius 1 is 1.53 bits per heavy atom. The van der Waals surface area contributed by atoms with Gasteiger partial charge in [-0.05, 0) is 48.4 Å². The predicted octanol–water partition coefficient (Wildman–Crippen LogP) is 3.90. The molecule has 0 aliphatic rings. The van der Waals surface area contributed by atoms with Crippen molar-refractivity contribution in [3.63, 3.8) is 0 Å². The van der Waals surface area contributed by atoms with Crippen molar-refractivity contribution in [1.29, 1.82) is 0 Å². The molecule has 3 nitrogen and oxygen atoms in total. The summed E-state index contributed by atoms with van der Waals surface area (Å²) in [6, 6.07) is 2.41. The number of anilines is 1. The Labute approximate surface area is 114 Å². The monoisotopic (exact) mass is 287 g/mol. The van der Waals surface area contributed by atoms with Crippen LogP contribution in [-0.4, -0.2) is 28.0 Å². The van der Waals surface area contributed by atoms with Gasteiger partial charge in [0, 0.05) is 6.04 Å². The lowest BCUT2D eigenvalue weighted by Crippen LogP contribution is -2.17. The second-order valence-corrected chi connectivity index (χ2v) is 6.03. The fourth-order valence-corrected chi connectivity index (χ4v) is 3.11. The Kier molecular flexibility index (Phi) is 4.48. The SMILES string of the molecule is CSCCC(C)Nc1nc(Cl)nc2sccc12. The van der Waals surface area contributed by atoms with E-state index in [1.807, 2.05) is 23.2 Å². The van der Waals surface area contributed by atoms with Crippen LogP contribution in [0.25, 0.3) is 10.2 Å². The molecular formula is C11H14ClN3S2. The van der Waals surface area contributed by atoms with Gasteiger partial charge in [-0.1, -0.05) is 0 Å². The van der Waals surface area contributed by atoms with Gasteiger partial charge in [0.25, 0.3) is 0 Å². The molecule has 0 fully saturated rings. The number of hydrogen-bond donors (Lipinski definition) is 1. The first-order chi connectivity index (χ1) is 8.20. The molecule has 2 aromatic rings. The van der Waals surface area contributed by atoms with Crippen LogP contribution in [0.3, 0.4) is 0 Å². The third kappa shape index (κ3) is 3.24. The number of nitrogens with zero attached hydrogens (tertiary/aromatic N) is 2. The first-order valence-corrected chi connectivity index (χ1v) is 8.02. The zero-order valence-corrected chi connectivity index (χ0v) is 12.1. The molecule has 0 spiro atoms. The predicted molar refractivity (Wildman–Crippen MR) is 78.5 cm³/mol. The average Bonchev–Trinajstić information content (AvgIpc) is 2.74. The number of hydrogen-bond acceptors (Lipinski definition) is 5. The third-order valence-corrected chi connectivity index (χ3v) is 4.06. The Hall–Kier alpha value is -0.520. The lowest BCUT2D eigenvalue weighted by molar-refractivity contribution is 0.768. The summed E-state index contributed by atoms with van der Waals surface area (Å²) in [5.41, 5.74) is 0. The molecule has 1 atom stereocenters. The maximum Gasteiger partial charge on any atom is 0.225 e. The van der Waals surface area contributed by atoms with Crippen LogP contribution >= 0.6 is 34.7 Å². The second kappa shape index (κ2) is 5.89. The molecule has 0 aliphatic heterocycles. The Balaban J connectivity index is 2.19. The Morgan fingerprint density at radius 3 is 3.12 bits per heavy atom. The molecule has 92 valence electrons. The van der Waals surface area contributed by atoms with Gasteiger partial charge >= 0.3 is 0 Å². The molecule has 0 saturated carbocycles. The zero-order valence-electron chi connectivity index (χ0n) is 9.74. The zero-order chi connectivity index (χ0) is 12.3. The van der Waals surface area contributed by atoms with E-state index >= 15 is 0 Å². The highest BCUT2D eigenvalue weighted by Gasteiger charge is 2.10. The van der Waals surface area contributed by atoms with Crippen LogP contribution in [-0.2, 0) is 0 Å². The number of aromatic nitrogens is 2. The van der Waals surface area contributed by atoms with Crippen LogP contribution in [0.5, 0.6) is 0 Å². The van der Waals surface area contributed by atoms with Crippen molar-refractivity contribution in [3.05, 3.63) is 16.7 Å². The maximum absolute atomic E-state index is 5.91. The Morgan fingerprint density at radius 2 is 2.35 bits per heavy atom. The minimum absolute atomic E-state index is 0.305. The smallest absolute Gasteiger partial charge is 0.225 e. The lowest BCUT2D eigenvalue weighted by atomic mass is 10.2. The van der Waals surface area contributed by atoms with E-state index in [9.17, 15) is 0 Å². The van der Waals surface area contributed by atoms with Gasteiger partial charge in [-0.25, -0.2) is 9.97 Å². The molecule has 6 heteroatoms. The van der Waals surface area contributed by atoms with Crippen molar-refractivity contribution < 1.29 is 0 Å². The van der Waals surface area contributed by atoms with Crippen molar-refractivity contribution >= 4 is 50.7 Å². The van der Waals surface area contributed by atoms with E-state index in [0.717, 1.165) is 28.2 Å². The molecule has 2 heterocycles. The van der Waals surface area contributed by atoms with Gasteiger partial charge in [0.2, 0.25) is 5.28 Å². The van der Waals surface area contributed by atoms with Crippen molar-refractivity contribution in [3.8, 4) is 0 Å². The lowest BCUT2D eigenvalue weighted by Gasteiger charge is -2.14. The summed E-state index contributed by atoms with van der Waals surface area (Å²) < 4.78 is 0. The van der Waals surface area contributed by atoms with Crippen LogP contribution in [0.2, 0.25) is 5.28 Å². The standard InChI is InChI=1S/C11H14ClN3S2/c1-7(3-5-16-2)13-9-8-4-6-17-10(8)15-11(12)14-9/h4,6-7H,3,5H2,1-2H3,(H,13,14,15). The minimum Gasteiger partial charge on any atom is -0.367 e. The average molecular weight is 288 g/mol. The van der Waals surface area contributed by atoms with Crippen LogP contribution in [0, 0.1) is 0 Å². The molecule has 0 radical (unpaired) electrons. The first kappa shape index (κ1) is 12.9. The van der Waals surface area contributed by atoms with Crippen LogP contribution in [0.15, 0.2) is 11.4 Å². The quantitative estimate of drug-likeness (QED) is 0.847. The molecule has 0 amide bonds. The minimum atomic E-state index is 0.305. The molecule has 0 aliphatic carbocycles. The van der Waals surface area contributed by atoms with Crippen molar-refractivity contribution in [2.45, 2.75) is 19.4 Å². The molecule has 17 heavy (non-hydrogen) atoms. The number of thioether (sulfide) groups is 1. The summed E-state index contributed by atoms with van der Waals surface area (Å²) in [6.07, 6.45) is 3.22. The highest BCUT2D eigenvalue weighted by Crippen LogP contribution is 2.27. The van der Waals surface area contributed by atoms with Gasteiger partial charge in [0.15, 0.2) is 0 Å². The molecule has 2 rings (SSSR count). The van der Waals surface area contributed by atoms with E-state index in [-0.39, 0.29) is 0 Å². The molecule has 0 aromatic carbocycles. The van der Waals surface area contributed by atoms with E-state index in [1.165, 1.54) is 0 Å². The van der Waals surface area contributed by atoms with Gasteiger partial charge in [-0.2, -0.15) is 11.8 Å². The van der Waals surface area contributed by atoms with Gasteiger partial charge in [0.05, 0.1) is 5.39 Å². The number of rotatable bonds is 5. The summed E-state index contributed by atoms with van der Waals surface area (Å²) in [6.45, 7) is 2.16. The van der Waals surface area contributed by atoms with E-state index in [2.05, 4.69) is 28.5 Å². The summed E-state index contributed by atoms with van der Waals surface area (Å²) in [5.74, 6) is 1.98. The van der Waals surface area contributed by atoms with Gasteiger partial charge < -0.3 is 5.32 Å². The van der Waals surface area contributed by atoms with Gasteiger partial charge in [0.1, 0.15) is 10.6 Å². The highest BCUT2D eigenvalue weighted by molar-refractivity contribution is 7.98. The van der Waals surface area contributed by atoms with Crippen molar-refractivity contribution in [1.82, 2.24) is 9.97 Å². The summed E-state index contributed by atoms with van der Waals surface area (Å²) in [5, 5.41) is 6.77. The number of thiophene rings is 1. The fourth-order valence-electron chi connectivity index (χ4n) is 1.54. The number of fused-ring (bicyclic) bond motifs is 1. The molecular weight excluding hydrogens is 274 g/mol. The van der Waals surface area contributed by atoms with Gasteiger partial charge in [-0.3, -0.25) is 0 Å². The van der Waals surface area contributed by atoms with E-state index < -0.39 is 0 Å². The third-order valence-electron chi connectivity index (χ3n) is 2.44. The maximum atomic E-state index is 5.91.